The number of carbonyl (C=O) groups is 2. The van der Waals surface area contributed by atoms with Gasteiger partial charge >= 0.3 is 11.9 Å². The number of esters is 2. The number of carbonyl (C=O) groups excluding carboxylic acids is 2. The van der Waals surface area contributed by atoms with Gasteiger partial charge in [-0.1, -0.05) is 0 Å². The van der Waals surface area contributed by atoms with Gasteiger partial charge in [-0.3, -0.25) is 0 Å². The molecule has 0 fully saturated rings. The molecule has 0 atom stereocenters. The third kappa shape index (κ3) is 6.15. The van der Waals surface area contributed by atoms with E-state index in [4.69, 9.17) is 24.4 Å². The lowest BCUT2D eigenvalue weighted by molar-refractivity contribution is 0.0151. The Morgan fingerprint density at radius 3 is 1.36 bits per heavy atom. The summed E-state index contributed by atoms with van der Waals surface area (Å²) in [6.45, 7) is 0.457. The smallest absolute Gasteiger partial charge is 0.338 e. The van der Waals surface area contributed by atoms with Gasteiger partial charge in [0.25, 0.3) is 0 Å². The highest BCUT2D eigenvalue weighted by molar-refractivity contribution is 5.89. The highest BCUT2D eigenvalue weighted by atomic mass is 16.6. The van der Waals surface area contributed by atoms with Crippen LogP contribution >= 0.6 is 0 Å². The summed E-state index contributed by atoms with van der Waals surface area (Å²) in [4.78, 5) is 23.3. The summed E-state index contributed by atoms with van der Waals surface area (Å²) >= 11 is 0. The molecule has 0 spiro atoms. The van der Waals surface area contributed by atoms with Crippen LogP contribution < -0.4 is 0 Å². The molecule has 0 aliphatic heterocycles. The monoisotopic (exact) mass is 346 g/mol. The van der Waals surface area contributed by atoms with E-state index in [-0.39, 0.29) is 37.9 Å². The third-order valence-electron chi connectivity index (χ3n) is 3.13. The topological polar surface area (TPSA) is 102 Å². The lowest BCUT2D eigenvalue weighted by atomic mass is 10.2. The highest BCUT2D eigenvalue weighted by Gasteiger charge is 2.08. The van der Waals surface area contributed by atoms with E-state index >= 15 is 0 Å². The fraction of sp³-hybridized carbons (Fsp3) is 0.222. The van der Waals surface area contributed by atoms with Gasteiger partial charge < -0.3 is 24.4 Å². The van der Waals surface area contributed by atoms with Gasteiger partial charge in [0.1, 0.15) is 24.7 Å². The Kier molecular flexibility index (Phi) is 6.79. The molecule has 2 N–H and O–H groups in total. The van der Waals surface area contributed by atoms with Crippen LogP contribution in [0.5, 0.6) is 11.5 Å². The van der Waals surface area contributed by atoms with Gasteiger partial charge in [0.2, 0.25) is 0 Å². The van der Waals surface area contributed by atoms with Crippen molar-refractivity contribution in [2.45, 2.75) is 0 Å². The number of hydrogen-bond acceptors (Lipinski definition) is 7. The molecule has 0 radical (unpaired) electrons. The van der Waals surface area contributed by atoms with E-state index in [0.717, 1.165) is 0 Å². The molecular weight excluding hydrogens is 328 g/mol. The van der Waals surface area contributed by atoms with Crippen molar-refractivity contribution in [2.24, 2.45) is 0 Å². The van der Waals surface area contributed by atoms with Crippen molar-refractivity contribution in [3.8, 4) is 11.5 Å². The molecule has 2 rings (SSSR count). The van der Waals surface area contributed by atoms with Crippen molar-refractivity contribution in [3.05, 3.63) is 59.7 Å². The van der Waals surface area contributed by atoms with Crippen LogP contribution in [0.15, 0.2) is 48.5 Å². The van der Waals surface area contributed by atoms with Crippen LogP contribution in [0.1, 0.15) is 20.7 Å². The van der Waals surface area contributed by atoms with Gasteiger partial charge in [0.15, 0.2) is 0 Å². The Hall–Kier alpha value is -3.06. The van der Waals surface area contributed by atoms with Crippen molar-refractivity contribution in [1.82, 2.24) is 0 Å². The Morgan fingerprint density at radius 2 is 1.00 bits per heavy atom. The van der Waals surface area contributed by atoms with Crippen molar-refractivity contribution in [3.63, 3.8) is 0 Å². The average molecular weight is 346 g/mol. The number of rotatable bonds is 8. The van der Waals surface area contributed by atoms with Crippen LogP contribution in [0.25, 0.3) is 0 Å². The van der Waals surface area contributed by atoms with Gasteiger partial charge in [-0.2, -0.15) is 0 Å². The van der Waals surface area contributed by atoms with Crippen LogP contribution in [-0.2, 0) is 14.2 Å². The fourth-order valence-electron chi connectivity index (χ4n) is 1.85. The number of ether oxygens (including phenoxy) is 3. The molecule has 2 aromatic carbocycles. The molecule has 0 bridgehead atoms. The van der Waals surface area contributed by atoms with E-state index in [1.807, 2.05) is 0 Å². The number of aromatic hydroxyl groups is 2. The second-order valence-corrected chi connectivity index (χ2v) is 4.98. The molecule has 0 amide bonds. The molecule has 0 saturated heterocycles. The second kappa shape index (κ2) is 9.29. The van der Waals surface area contributed by atoms with Gasteiger partial charge in [-0.15, -0.1) is 0 Å². The number of phenols is 2. The summed E-state index contributed by atoms with van der Waals surface area (Å²) in [6.07, 6.45) is 0. The zero-order chi connectivity index (χ0) is 18.1. The van der Waals surface area contributed by atoms with E-state index in [1.54, 1.807) is 0 Å². The largest absolute Gasteiger partial charge is 0.508 e. The quantitative estimate of drug-likeness (QED) is 0.557. The van der Waals surface area contributed by atoms with Gasteiger partial charge in [0, 0.05) is 0 Å². The average Bonchev–Trinajstić information content (AvgIpc) is 2.61. The summed E-state index contributed by atoms with van der Waals surface area (Å²) in [6, 6.07) is 11.4. The normalized spacial score (nSPS) is 10.2. The molecule has 2 aromatic rings. The third-order valence-corrected chi connectivity index (χ3v) is 3.13. The molecular formula is C18H18O7. The molecule has 0 unspecified atom stereocenters. The highest BCUT2D eigenvalue weighted by Crippen LogP contribution is 2.11. The van der Waals surface area contributed by atoms with E-state index in [2.05, 4.69) is 0 Å². The maximum Gasteiger partial charge on any atom is 0.338 e. The van der Waals surface area contributed by atoms with E-state index in [9.17, 15) is 9.59 Å². The molecule has 25 heavy (non-hydrogen) atoms. The maximum atomic E-state index is 11.7. The standard InChI is InChI=1S/C18H18O7/c19-15-5-1-13(2-6-15)17(21)24-11-9-23-10-12-25-18(22)14-3-7-16(20)8-4-14/h1-8,19-20H,9-12H2. The summed E-state index contributed by atoms with van der Waals surface area (Å²) < 4.78 is 15.2. The molecule has 7 nitrogen and oxygen atoms in total. The molecule has 0 heterocycles. The van der Waals surface area contributed by atoms with Gasteiger partial charge in [-0.25, -0.2) is 9.59 Å². The maximum absolute atomic E-state index is 11.7. The Bertz CT molecular complexity index is 631. The lowest BCUT2D eigenvalue weighted by Crippen LogP contribution is -2.14. The zero-order valence-corrected chi connectivity index (χ0v) is 13.4. The van der Waals surface area contributed by atoms with Crippen molar-refractivity contribution in [1.29, 1.82) is 0 Å². The number of hydrogen-bond donors (Lipinski definition) is 2. The summed E-state index contributed by atoms with van der Waals surface area (Å²) in [5, 5.41) is 18.3. The first kappa shape index (κ1) is 18.3. The van der Waals surface area contributed by atoms with Crippen molar-refractivity contribution < 1.29 is 34.0 Å². The van der Waals surface area contributed by atoms with Crippen LogP contribution in [0, 0.1) is 0 Å². The van der Waals surface area contributed by atoms with E-state index in [0.29, 0.717) is 11.1 Å². The summed E-state index contributed by atoms with van der Waals surface area (Å²) in [5.74, 6) is -0.881. The zero-order valence-electron chi connectivity index (χ0n) is 13.4. The van der Waals surface area contributed by atoms with Crippen molar-refractivity contribution in [2.75, 3.05) is 26.4 Å². The molecule has 132 valence electrons. The molecule has 0 aliphatic rings. The Balaban J connectivity index is 1.56. The van der Waals surface area contributed by atoms with Crippen molar-refractivity contribution >= 4 is 11.9 Å². The molecule has 0 saturated carbocycles. The summed E-state index contributed by atoms with van der Waals surface area (Å²) in [5.41, 5.74) is 0.668. The first-order valence-corrected chi connectivity index (χ1v) is 7.56. The minimum atomic E-state index is -0.512. The van der Waals surface area contributed by atoms with E-state index in [1.165, 1.54) is 48.5 Å². The Labute approximate surface area is 144 Å². The number of benzene rings is 2. The van der Waals surface area contributed by atoms with Crippen LogP contribution in [0.2, 0.25) is 0 Å². The SMILES string of the molecule is O=C(OCCOCCOC(=O)c1ccc(O)cc1)c1ccc(O)cc1. The van der Waals surface area contributed by atoms with Crippen LogP contribution in [0.4, 0.5) is 0 Å². The van der Waals surface area contributed by atoms with Crippen LogP contribution in [-0.4, -0.2) is 48.6 Å². The minimum absolute atomic E-state index is 0.0611. The molecule has 0 aromatic heterocycles. The predicted molar refractivity (Wildman–Crippen MR) is 87.6 cm³/mol. The second-order valence-electron chi connectivity index (χ2n) is 4.98. The van der Waals surface area contributed by atoms with Gasteiger partial charge in [0.05, 0.1) is 24.3 Å². The first-order valence-electron chi connectivity index (χ1n) is 7.56. The molecule has 0 aliphatic carbocycles. The summed E-state index contributed by atoms with van der Waals surface area (Å²) in [7, 11) is 0. The molecule has 7 heteroatoms. The van der Waals surface area contributed by atoms with Gasteiger partial charge in [-0.05, 0) is 48.5 Å². The first-order chi connectivity index (χ1) is 12.1. The van der Waals surface area contributed by atoms with Crippen LogP contribution in [0.3, 0.4) is 0 Å². The lowest BCUT2D eigenvalue weighted by Gasteiger charge is -2.07. The van der Waals surface area contributed by atoms with E-state index < -0.39 is 11.9 Å². The number of phenolic OH excluding ortho intramolecular Hbond substituents is 2. The predicted octanol–water partition coefficient (Wildman–Crippen LogP) is 2.13. The minimum Gasteiger partial charge on any atom is -0.508 e. The Morgan fingerprint density at radius 1 is 0.640 bits per heavy atom. The fourth-order valence-corrected chi connectivity index (χ4v) is 1.85.